The second-order valence-electron chi connectivity index (χ2n) is 4.35. The molecule has 1 aromatic carbocycles. The molecule has 0 N–H and O–H groups in total. The number of likely N-dealkylation sites (tertiary alicyclic amines) is 1. The Morgan fingerprint density at radius 1 is 1.35 bits per heavy atom. The summed E-state index contributed by atoms with van der Waals surface area (Å²) in [4.78, 5) is 14.3. The van der Waals surface area contributed by atoms with E-state index in [0.29, 0.717) is 15.6 Å². The number of Topliss-reactive ketones (excluding diaryl/α,β-unsaturated/α-hetero) is 1. The van der Waals surface area contributed by atoms with E-state index in [1.54, 1.807) is 6.07 Å². The van der Waals surface area contributed by atoms with Crippen LogP contribution in [0.3, 0.4) is 0 Å². The molecule has 1 aromatic rings. The molecule has 0 unspecified atom stereocenters. The van der Waals surface area contributed by atoms with Crippen LogP contribution in [0.4, 0.5) is 4.39 Å². The Labute approximate surface area is 114 Å². The quantitative estimate of drug-likeness (QED) is 0.616. The topological polar surface area (TPSA) is 20.3 Å². The zero-order chi connectivity index (χ0) is 12.3. The second-order valence-corrected chi connectivity index (χ2v) is 5.51. The van der Waals surface area contributed by atoms with Crippen molar-refractivity contribution < 1.29 is 9.18 Å². The van der Waals surface area contributed by atoms with Crippen molar-refractivity contribution in [2.45, 2.75) is 19.3 Å². The van der Waals surface area contributed by atoms with E-state index in [1.807, 2.05) is 22.6 Å². The number of hydrogen-bond acceptors (Lipinski definition) is 2. The predicted molar refractivity (Wildman–Crippen MR) is 73.7 cm³/mol. The van der Waals surface area contributed by atoms with Gasteiger partial charge in [-0.25, -0.2) is 4.39 Å². The van der Waals surface area contributed by atoms with Crippen LogP contribution in [-0.2, 0) is 0 Å². The third kappa shape index (κ3) is 3.48. The number of carbonyl (C=O) groups is 1. The summed E-state index contributed by atoms with van der Waals surface area (Å²) >= 11 is 2.01. The van der Waals surface area contributed by atoms with E-state index in [0.717, 1.165) is 19.6 Å². The summed E-state index contributed by atoms with van der Waals surface area (Å²) in [5.41, 5.74) is 0.645. The van der Waals surface area contributed by atoms with Gasteiger partial charge in [-0.1, -0.05) is 0 Å². The van der Waals surface area contributed by atoms with Gasteiger partial charge in [0.15, 0.2) is 5.78 Å². The number of hydrogen-bond donors (Lipinski definition) is 0. The van der Waals surface area contributed by atoms with Crippen molar-refractivity contribution in [2.24, 2.45) is 0 Å². The zero-order valence-electron chi connectivity index (χ0n) is 9.59. The molecule has 0 atom stereocenters. The van der Waals surface area contributed by atoms with Crippen LogP contribution in [0.1, 0.15) is 29.6 Å². The van der Waals surface area contributed by atoms with Gasteiger partial charge in [-0.2, -0.15) is 0 Å². The lowest BCUT2D eigenvalue weighted by molar-refractivity contribution is 0.0968. The Kier molecular flexibility index (Phi) is 4.50. The number of ketones is 1. The van der Waals surface area contributed by atoms with Gasteiger partial charge in [-0.3, -0.25) is 4.79 Å². The SMILES string of the molecule is O=C(CCN1CCCC1)c1ccc(F)cc1I. The third-order valence-corrected chi connectivity index (χ3v) is 3.98. The highest BCUT2D eigenvalue weighted by molar-refractivity contribution is 14.1. The maximum atomic E-state index is 12.9. The van der Waals surface area contributed by atoms with Crippen LogP contribution in [0.2, 0.25) is 0 Å². The Hall–Kier alpha value is -0.490. The summed E-state index contributed by atoms with van der Waals surface area (Å²) in [7, 11) is 0. The molecule has 1 heterocycles. The summed E-state index contributed by atoms with van der Waals surface area (Å²) in [5, 5.41) is 0. The van der Waals surface area contributed by atoms with Crippen LogP contribution in [0.25, 0.3) is 0 Å². The van der Waals surface area contributed by atoms with Gasteiger partial charge in [-0.05, 0) is 66.7 Å². The first kappa shape index (κ1) is 13.0. The van der Waals surface area contributed by atoms with Crippen LogP contribution >= 0.6 is 22.6 Å². The molecular weight excluding hydrogens is 332 g/mol. The number of rotatable bonds is 4. The van der Waals surface area contributed by atoms with Crippen molar-refractivity contribution in [1.29, 1.82) is 0 Å². The molecule has 0 spiro atoms. The highest BCUT2D eigenvalue weighted by Crippen LogP contribution is 2.16. The van der Waals surface area contributed by atoms with E-state index in [9.17, 15) is 9.18 Å². The smallest absolute Gasteiger partial charge is 0.165 e. The first-order chi connectivity index (χ1) is 8.16. The third-order valence-electron chi connectivity index (χ3n) is 3.09. The fourth-order valence-electron chi connectivity index (χ4n) is 2.12. The Bertz CT molecular complexity index is 416. The average molecular weight is 347 g/mol. The van der Waals surface area contributed by atoms with E-state index >= 15 is 0 Å². The molecule has 2 nitrogen and oxygen atoms in total. The number of nitrogens with zero attached hydrogens (tertiary/aromatic N) is 1. The lowest BCUT2D eigenvalue weighted by Gasteiger charge is -2.13. The minimum atomic E-state index is -0.287. The largest absolute Gasteiger partial charge is 0.303 e. The highest BCUT2D eigenvalue weighted by atomic mass is 127. The van der Waals surface area contributed by atoms with Crippen molar-refractivity contribution >= 4 is 28.4 Å². The Morgan fingerprint density at radius 2 is 2.06 bits per heavy atom. The Balaban J connectivity index is 1.94. The van der Waals surface area contributed by atoms with Gasteiger partial charge in [0.25, 0.3) is 0 Å². The Morgan fingerprint density at radius 3 is 2.71 bits per heavy atom. The minimum absolute atomic E-state index is 0.112. The van der Waals surface area contributed by atoms with Gasteiger partial charge < -0.3 is 4.90 Å². The highest BCUT2D eigenvalue weighted by Gasteiger charge is 2.15. The van der Waals surface area contributed by atoms with Crippen molar-refractivity contribution in [3.8, 4) is 0 Å². The van der Waals surface area contributed by atoms with Crippen molar-refractivity contribution in [1.82, 2.24) is 4.90 Å². The van der Waals surface area contributed by atoms with Crippen molar-refractivity contribution in [3.63, 3.8) is 0 Å². The van der Waals surface area contributed by atoms with Crippen LogP contribution in [0.5, 0.6) is 0 Å². The minimum Gasteiger partial charge on any atom is -0.303 e. The first-order valence-electron chi connectivity index (χ1n) is 5.87. The van der Waals surface area contributed by atoms with Gasteiger partial charge in [0.2, 0.25) is 0 Å². The standard InChI is InChI=1S/C13H15FINO/c14-10-3-4-11(12(15)9-10)13(17)5-8-16-6-1-2-7-16/h3-4,9H,1-2,5-8H2. The molecule has 1 aliphatic heterocycles. The van der Waals surface area contributed by atoms with Crippen molar-refractivity contribution in [3.05, 3.63) is 33.1 Å². The summed E-state index contributed by atoms with van der Waals surface area (Å²) in [6.45, 7) is 3.04. The molecule has 1 fully saturated rings. The van der Waals surface area contributed by atoms with Gasteiger partial charge >= 0.3 is 0 Å². The van der Waals surface area contributed by atoms with E-state index in [4.69, 9.17) is 0 Å². The van der Waals surface area contributed by atoms with Crippen LogP contribution in [-0.4, -0.2) is 30.3 Å². The second kappa shape index (κ2) is 5.91. The molecule has 1 saturated heterocycles. The lowest BCUT2D eigenvalue weighted by Crippen LogP contribution is -2.22. The molecule has 0 radical (unpaired) electrons. The molecule has 0 aromatic heterocycles. The zero-order valence-corrected chi connectivity index (χ0v) is 11.7. The monoisotopic (exact) mass is 347 g/mol. The van der Waals surface area contributed by atoms with E-state index in [1.165, 1.54) is 25.0 Å². The summed E-state index contributed by atoms with van der Waals surface area (Å²) in [6, 6.07) is 4.35. The van der Waals surface area contributed by atoms with Crippen LogP contribution < -0.4 is 0 Å². The molecule has 0 saturated carbocycles. The maximum absolute atomic E-state index is 12.9. The molecule has 0 amide bonds. The van der Waals surface area contributed by atoms with Gasteiger partial charge in [0.05, 0.1) is 0 Å². The first-order valence-corrected chi connectivity index (χ1v) is 6.95. The predicted octanol–water partition coefficient (Wildman–Crippen LogP) is 3.10. The molecule has 92 valence electrons. The molecule has 0 bridgehead atoms. The van der Waals surface area contributed by atoms with E-state index < -0.39 is 0 Å². The fraction of sp³-hybridized carbons (Fsp3) is 0.462. The number of carbonyl (C=O) groups excluding carboxylic acids is 1. The summed E-state index contributed by atoms with van der Waals surface area (Å²) in [5.74, 6) is -0.174. The normalized spacial score (nSPS) is 16.4. The van der Waals surface area contributed by atoms with E-state index in [2.05, 4.69) is 4.90 Å². The molecule has 17 heavy (non-hydrogen) atoms. The van der Waals surface area contributed by atoms with Gasteiger partial charge in [0.1, 0.15) is 5.82 Å². The molecule has 0 aliphatic carbocycles. The molecule has 1 aliphatic rings. The molecule has 2 rings (SSSR count). The van der Waals surface area contributed by atoms with Crippen LogP contribution in [0.15, 0.2) is 18.2 Å². The van der Waals surface area contributed by atoms with Gasteiger partial charge in [0, 0.05) is 22.1 Å². The van der Waals surface area contributed by atoms with Crippen LogP contribution in [0, 0.1) is 9.39 Å². The fourth-order valence-corrected chi connectivity index (χ4v) is 2.89. The molecular formula is C13H15FINO. The number of benzene rings is 1. The number of halogens is 2. The average Bonchev–Trinajstić information content (AvgIpc) is 2.78. The van der Waals surface area contributed by atoms with Crippen molar-refractivity contribution in [2.75, 3.05) is 19.6 Å². The lowest BCUT2D eigenvalue weighted by atomic mass is 10.1. The molecule has 4 heteroatoms. The summed E-state index contributed by atoms with van der Waals surface area (Å²) < 4.78 is 13.6. The summed E-state index contributed by atoms with van der Waals surface area (Å²) in [6.07, 6.45) is 3.01. The van der Waals surface area contributed by atoms with Gasteiger partial charge in [-0.15, -0.1) is 0 Å². The maximum Gasteiger partial charge on any atom is 0.165 e. The van der Waals surface area contributed by atoms with E-state index in [-0.39, 0.29) is 11.6 Å².